The summed E-state index contributed by atoms with van der Waals surface area (Å²) < 4.78 is 1.47. The Morgan fingerprint density at radius 2 is 2.07 bits per heavy atom. The van der Waals surface area contributed by atoms with Crippen LogP contribution in [-0.2, 0) is 17.3 Å². The largest absolute Gasteiger partial charge is 0.480 e. The molecule has 1 heterocycles. The highest BCUT2D eigenvalue weighted by Gasteiger charge is 2.45. The van der Waals surface area contributed by atoms with E-state index in [1.807, 2.05) is 0 Å². The van der Waals surface area contributed by atoms with Gasteiger partial charge in [0.1, 0.15) is 5.41 Å². The topological polar surface area (TPSA) is 80.9 Å². The summed E-state index contributed by atoms with van der Waals surface area (Å²) in [6.45, 7) is 0. The fourth-order valence-corrected chi connectivity index (χ4v) is 2.32. The van der Waals surface area contributed by atoms with Crippen molar-refractivity contribution in [3.63, 3.8) is 0 Å². The molecule has 1 N–H and O–H groups in total. The highest BCUT2D eigenvalue weighted by Crippen LogP contribution is 2.38. The third kappa shape index (κ3) is 1.49. The summed E-state index contributed by atoms with van der Waals surface area (Å²) >= 11 is 0. The van der Waals surface area contributed by atoms with Crippen LogP contribution in [0.4, 0.5) is 0 Å². The van der Waals surface area contributed by atoms with Crippen molar-refractivity contribution in [3.05, 3.63) is 5.82 Å². The summed E-state index contributed by atoms with van der Waals surface area (Å²) in [6.07, 6.45) is 4.23. The average molecular weight is 210 g/mol. The maximum Gasteiger partial charge on any atom is 0.317 e. The van der Waals surface area contributed by atoms with E-state index in [0.29, 0.717) is 18.7 Å². The number of rotatable bonds is 2. The summed E-state index contributed by atoms with van der Waals surface area (Å²) in [5.41, 5.74) is -0.865. The molecular weight excluding hydrogens is 196 g/mol. The minimum Gasteiger partial charge on any atom is -0.480 e. The van der Waals surface area contributed by atoms with Crippen molar-refractivity contribution in [2.45, 2.75) is 37.5 Å². The number of hydrogen-bond donors (Lipinski definition) is 1. The predicted octanol–water partition coefficient (Wildman–Crippen LogP) is 0.497. The number of nitrogens with zero attached hydrogens (tertiary/aromatic N) is 4. The molecule has 6 nitrogen and oxygen atoms in total. The Hall–Kier alpha value is -1.46. The van der Waals surface area contributed by atoms with Crippen LogP contribution in [0.1, 0.15) is 37.9 Å². The fraction of sp³-hybridized carbons (Fsp3) is 0.778. The zero-order valence-corrected chi connectivity index (χ0v) is 8.68. The van der Waals surface area contributed by atoms with E-state index in [-0.39, 0.29) is 0 Å². The number of hydrogen-bond acceptors (Lipinski definition) is 4. The van der Waals surface area contributed by atoms with Gasteiger partial charge in [-0.2, -0.15) is 0 Å². The van der Waals surface area contributed by atoms with Crippen LogP contribution in [0.3, 0.4) is 0 Å². The predicted molar refractivity (Wildman–Crippen MR) is 51.2 cm³/mol. The smallest absolute Gasteiger partial charge is 0.317 e. The maximum atomic E-state index is 11.4. The summed E-state index contributed by atoms with van der Waals surface area (Å²) in [7, 11) is 1.69. The quantitative estimate of drug-likeness (QED) is 0.768. The molecule has 0 radical (unpaired) electrons. The molecule has 0 bridgehead atoms. The number of carboxylic acids is 1. The van der Waals surface area contributed by atoms with Crippen LogP contribution in [-0.4, -0.2) is 31.3 Å². The van der Waals surface area contributed by atoms with Gasteiger partial charge in [0.05, 0.1) is 0 Å². The van der Waals surface area contributed by atoms with Crippen molar-refractivity contribution >= 4 is 5.97 Å². The third-order valence-corrected chi connectivity index (χ3v) is 3.16. The number of aromatic nitrogens is 4. The summed E-state index contributed by atoms with van der Waals surface area (Å²) in [5.74, 6) is -0.324. The number of tetrazole rings is 1. The molecule has 0 saturated heterocycles. The van der Waals surface area contributed by atoms with Crippen LogP contribution >= 0.6 is 0 Å². The number of aliphatic carboxylic acids is 1. The normalized spacial score (nSPS) is 20.1. The van der Waals surface area contributed by atoms with Gasteiger partial charge in [0.15, 0.2) is 5.82 Å². The minimum atomic E-state index is -0.865. The monoisotopic (exact) mass is 210 g/mol. The van der Waals surface area contributed by atoms with Gasteiger partial charge in [-0.15, -0.1) is 5.10 Å². The first-order chi connectivity index (χ1) is 7.17. The minimum absolute atomic E-state index is 0.481. The van der Waals surface area contributed by atoms with Gasteiger partial charge in [-0.05, 0) is 23.3 Å². The second-order valence-corrected chi connectivity index (χ2v) is 4.07. The SMILES string of the molecule is Cn1nnnc1C1(C(=O)O)CCCCC1. The van der Waals surface area contributed by atoms with Gasteiger partial charge >= 0.3 is 5.97 Å². The number of carboxylic acid groups (broad SMARTS) is 1. The van der Waals surface area contributed by atoms with Crippen molar-refractivity contribution in [2.75, 3.05) is 0 Å². The lowest BCUT2D eigenvalue weighted by Crippen LogP contribution is -2.40. The van der Waals surface area contributed by atoms with Gasteiger partial charge < -0.3 is 5.11 Å². The Morgan fingerprint density at radius 1 is 1.40 bits per heavy atom. The maximum absolute atomic E-state index is 11.4. The highest BCUT2D eigenvalue weighted by atomic mass is 16.4. The molecule has 15 heavy (non-hydrogen) atoms. The molecule has 6 heteroatoms. The van der Waals surface area contributed by atoms with Crippen molar-refractivity contribution in [1.29, 1.82) is 0 Å². The number of aryl methyl sites for hydroxylation is 1. The molecule has 0 atom stereocenters. The molecule has 0 spiro atoms. The molecule has 1 aliphatic carbocycles. The first-order valence-corrected chi connectivity index (χ1v) is 5.13. The molecule has 0 aliphatic heterocycles. The summed E-state index contributed by atoms with van der Waals surface area (Å²) in [6, 6.07) is 0. The van der Waals surface area contributed by atoms with Gasteiger partial charge in [0.2, 0.25) is 0 Å². The van der Waals surface area contributed by atoms with Gasteiger partial charge in [0, 0.05) is 7.05 Å². The molecule has 82 valence electrons. The van der Waals surface area contributed by atoms with E-state index in [1.54, 1.807) is 7.05 Å². The van der Waals surface area contributed by atoms with Crippen LogP contribution < -0.4 is 0 Å². The van der Waals surface area contributed by atoms with Crippen molar-refractivity contribution in [2.24, 2.45) is 7.05 Å². The second-order valence-electron chi connectivity index (χ2n) is 4.07. The Balaban J connectivity index is 2.42. The average Bonchev–Trinajstić information content (AvgIpc) is 2.66. The molecule has 1 aromatic heterocycles. The third-order valence-electron chi connectivity index (χ3n) is 3.16. The second kappa shape index (κ2) is 3.60. The standard InChI is InChI=1S/C9H14N4O2/c1-13-7(10-11-12-13)9(8(14)15)5-3-2-4-6-9/h2-6H2,1H3,(H,14,15). The molecule has 1 aliphatic rings. The van der Waals surface area contributed by atoms with Crippen molar-refractivity contribution < 1.29 is 9.90 Å². The zero-order valence-electron chi connectivity index (χ0n) is 8.68. The zero-order chi connectivity index (χ0) is 10.9. The van der Waals surface area contributed by atoms with Crippen LogP contribution in [0.15, 0.2) is 0 Å². The molecule has 2 rings (SSSR count). The molecular formula is C9H14N4O2. The van der Waals surface area contributed by atoms with E-state index in [0.717, 1.165) is 19.3 Å². The molecule has 0 unspecified atom stereocenters. The van der Waals surface area contributed by atoms with E-state index in [4.69, 9.17) is 0 Å². The summed E-state index contributed by atoms with van der Waals surface area (Å²) in [5, 5.41) is 20.5. The molecule has 1 aromatic rings. The Bertz CT molecular complexity index is 368. The number of carbonyl (C=O) groups is 1. The lowest BCUT2D eigenvalue weighted by molar-refractivity contribution is -0.145. The Labute approximate surface area is 87.3 Å². The first-order valence-electron chi connectivity index (χ1n) is 5.13. The Morgan fingerprint density at radius 3 is 2.53 bits per heavy atom. The van der Waals surface area contributed by atoms with Gasteiger partial charge in [-0.1, -0.05) is 19.3 Å². The fourth-order valence-electron chi connectivity index (χ4n) is 2.32. The molecule has 1 fully saturated rings. The van der Waals surface area contributed by atoms with E-state index < -0.39 is 11.4 Å². The first kappa shape index (κ1) is 10.1. The Kier molecular flexibility index (Phi) is 2.42. The van der Waals surface area contributed by atoms with E-state index in [1.165, 1.54) is 4.68 Å². The molecule has 1 saturated carbocycles. The van der Waals surface area contributed by atoms with E-state index in [9.17, 15) is 9.90 Å². The van der Waals surface area contributed by atoms with Gasteiger partial charge in [-0.25, -0.2) is 4.68 Å². The van der Waals surface area contributed by atoms with Gasteiger partial charge in [0.25, 0.3) is 0 Å². The van der Waals surface area contributed by atoms with Crippen molar-refractivity contribution in [3.8, 4) is 0 Å². The lowest BCUT2D eigenvalue weighted by Gasteiger charge is -2.31. The van der Waals surface area contributed by atoms with Crippen molar-refractivity contribution in [1.82, 2.24) is 20.2 Å². The van der Waals surface area contributed by atoms with Crippen LogP contribution in [0.2, 0.25) is 0 Å². The molecule has 0 aromatic carbocycles. The highest BCUT2D eigenvalue weighted by molar-refractivity contribution is 5.80. The van der Waals surface area contributed by atoms with E-state index in [2.05, 4.69) is 15.5 Å². The van der Waals surface area contributed by atoms with Crippen LogP contribution in [0, 0.1) is 0 Å². The van der Waals surface area contributed by atoms with Crippen LogP contribution in [0.25, 0.3) is 0 Å². The van der Waals surface area contributed by atoms with E-state index >= 15 is 0 Å². The summed E-state index contributed by atoms with van der Waals surface area (Å²) in [4.78, 5) is 11.4. The lowest BCUT2D eigenvalue weighted by atomic mass is 9.73. The van der Waals surface area contributed by atoms with Crippen LogP contribution in [0.5, 0.6) is 0 Å². The molecule has 0 amide bonds. The van der Waals surface area contributed by atoms with Gasteiger partial charge in [-0.3, -0.25) is 4.79 Å².